The van der Waals surface area contributed by atoms with Crippen molar-refractivity contribution >= 4 is 17.8 Å². The van der Waals surface area contributed by atoms with Crippen molar-refractivity contribution in [3.05, 3.63) is 0 Å². The number of carbonyl (C=O) groups is 3. The van der Waals surface area contributed by atoms with Crippen molar-refractivity contribution in [2.24, 2.45) is 0 Å². The monoisotopic (exact) mass is 232 g/mol. The highest BCUT2D eigenvalue weighted by Crippen LogP contribution is 1.87. The van der Waals surface area contributed by atoms with Crippen molar-refractivity contribution in [3.8, 4) is 0 Å². The molecule has 16 heavy (non-hydrogen) atoms. The van der Waals surface area contributed by atoms with Crippen LogP contribution in [-0.4, -0.2) is 49.7 Å². The highest BCUT2D eigenvalue weighted by atomic mass is 16.5. The van der Waals surface area contributed by atoms with Crippen molar-refractivity contribution in [2.75, 3.05) is 26.8 Å². The van der Waals surface area contributed by atoms with Crippen LogP contribution in [0.3, 0.4) is 0 Å². The topological polar surface area (TPSA) is 105 Å². The Hall–Kier alpha value is -1.63. The van der Waals surface area contributed by atoms with Gasteiger partial charge in [-0.15, -0.1) is 0 Å². The second-order valence-corrected chi connectivity index (χ2v) is 3.01. The van der Waals surface area contributed by atoms with E-state index in [4.69, 9.17) is 9.84 Å². The number of nitrogens with one attached hydrogen (secondary N) is 2. The quantitative estimate of drug-likeness (QED) is 0.452. The van der Waals surface area contributed by atoms with Gasteiger partial charge in [-0.05, 0) is 0 Å². The van der Waals surface area contributed by atoms with Gasteiger partial charge in [0, 0.05) is 20.1 Å². The number of hydrogen-bond donors (Lipinski definition) is 3. The molecule has 92 valence electrons. The first-order valence-electron chi connectivity index (χ1n) is 4.80. The van der Waals surface area contributed by atoms with Gasteiger partial charge < -0.3 is 20.5 Å². The van der Waals surface area contributed by atoms with E-state index in [-0.39, 0.29) is 25.3 Å². The van der Waals surface area contributed by atoms with Crippen LogP contribution >= 0.6 is 0 Å². The van der Waals surface area contributed by atoms with E-state index < -0.39 is 11.9 Å². The Balaban J connectivity index is 3.51. The number of methoxy groups -OCH3 is 1. The number of amides is 2. The van der Waals surface area contributed by atoms with Crippen molar-refractivity contribution in [3.63, 3.8) is 0 Å². The van der Waals surface area contributed by atoms with Gasteiger partial charge in [0.05, 0.1) is 19.6 Å². The Kier molecular flexibility index (Phi) is 7.78. The lowest BCUT2D eigenvalue weighted by Gasteiger charge is -2.05. The van der Waals surface area contributed by atoms with Gasteiger partial charge in [0.2, 0.25) is 11.8 Å². The number of aliphatic carboxylic acids is 1. The minimum absolute atomic E-state index is 0.124. The summed E-state index contributed by atoms with van der Waals surface area (Å²) < 4.78 is 4.72. The summed E-state index contributed by atoms with van der Waals surface area (Å²) in [5, 5.41) is 13.1. The molecule has 0 aromatic carbocycles. The molecule has 3 N–H and O–H groups in total. The summed E-state index contributed by atoms with van der Waals surface area (Å²) in [6, 6.07) is 0. The Morgan fingerprint density at radius 1 is 1.12 bits per heavy atom. The average molecular weight is 232 g/mol. The fraction of sp³-hybridized carbons (Fsp3) is 0.667. The number of carboxylic acid groups (broad SMARTS) is 1. The van der Waals surface area contributed by atoms with Crippen LogP contribution in [-0.2, 0) is 19.1 Å². The number of ether oxygens (including phenoxy) is 1. The molecule has 0 aliphatic carbocycles. The van der Waals surface area contributed by atoms with Gasteiger partial charge in [-0.1, -0.05) is 0 Å². The summed E-state index contributed by atoms with van der Waals surface area (Å²) in [6.07, 6.45) is -0.363. The van der Waals surface area contributed by atoms with Crippen molar-refractivity contribution in [1.29, 1.82) is 0 Å². The van der Waals surface area contributed by atoms with Gasteiger partial charge in [0.1, 0.15) is 0 Å². The lowest BCUT2D eigenvalue weighted by atomic mass is 10.3. The zero-order chi connectivity index (χ0) is 12.4. The fourth-order valence-electron chi connectivity index (χ4n) is 0.843. The molecular formula is C9H16N2O5. The summed E-state index contributed by atoms with van der Waals surface area (Å²) in [5.41, 5.74) is 0. The molecule has 0 bridgehead atoms. The van der Waals surface area contributed by atoms with Crippen LogP contribution in [0.1, 0.15) is 12.8 Å². The number of carbonyl (C=O) groups excluding carboxylic acids is 2. The van der Waals surface area contributed by atoms with E-state index in [0.717, 1.165) is 0 Å². The molecule has 7 nitrogen and oxygen atoms in total. The zero-order valence-corrected chi connectivity index (χ0v) is 9.12. The zero-order valence-electron chi connectivity index (χ0n) is 9.12. The van der Waals surface area contributed by atoms with E-state index in [1.54, 1.807) is 0 Å². The molecule has 0 heterocycles. The Bertz CT molecular complexity index is 254. The van der Waals surface area contributed by atoms with Gasteiger partial charge in [0.25, 0.3) is 0 Å². The largest absolute Gasteiger partial charge is 0.481 e. The molecule has 0 aliphatic heterocycles. The maximum absolute atomic E-state index is 11.1. The molecule has 0 radical (unpaired) electrons. The first-order chi connectivity index (χ1) is 7.56. The Morgan fingerprint density at radius 3 is 2.38 bits per heavy atom. The van der Waals surface area contributed by atoms with Crippen LogP contribution in [0.25, 0.3) is 0 Å². The van der Waals surface area contributed by atoms with E-state index in [2.05, 4.69) is 10.6 Å². The molecule has 0 saturated heterocycles. The maximum atomic E-state index is 11.1. The number of hydrogen-bond acceptors (Lipinski definition) is 4. The maximum Gasteiger partial charge on any atom is 0.303 e. The van der Waals surface area contributed by atoms with Crippen LogP contribution in [0.2, 0.25) is 0 Å². The molecule has 0 aliphatic rings. The second kappa shape index (κ2) is 8.66. The molecule has 7 heteroatoms. The fourth-order valence-corrected chi connectivity index (χ4v) is 0.843. The average Bonchev–Trinajstić information content (AvgIpc) is 2.24. The Labute approximate surface area is 93.2 Å². The standard InChI is InChI=1S/C9H16N2O5/c1-16-5-4-10-8(13)6-11-7(12)2-3-9(14)15/h2-6H2,1H3,(H,10,13)(H,11,12)(H,14,15). The van der Waals surface area contributed by atoms with Gasteiger partial charge in [0.15, 0.2) is 0 Å². The smallest absolute Gasteiger partial charge is 0.303 e. The van der Waals surface area contributed by atoms with Crippen molar-refractivity contribution in [1.82, 2.24) is 10.6 Å². The summed E-state index contributed by atoms with van der Waals surface area (Å²) in [5.74, 6) is -1.83. The normalized spacial score (nSPS) is 9.56. The minimum atomic E-state index is -1.04. The van der Waals surface area contributed by atoms with Crippen molar-refractivity contribution in [2.45, 2.75) is 12.8 Å². The molecule has 2 amide bonds. The van der Waals surface area contributed by atoms with Gasteiger partial charge in [-0.25, -0.2) is 0 Å². The highest BCUT2D eigenvalue weighted by Gasteiger charge is 2.06. The molecule has 0 rings (SSSR count). The first kappa shape index (κ1) is 14.4. The third-order valence-electron chi connectivity index (χ3n) is 1.64. The molecule has 0 unspecified atom stereocenters. The number of carboxylic acids is 1. The molecule has 0 saturated carbocycles. The second-order valence-electron chi connectivity index (χ2n) is 3.01. The minimum Gasteiger partial charge on any atom is -0.481 e. The highest BCUT2D eigenvalue weighted by molar-refractivity contribution is 5.86. The van der Waals surface area contributed by atoms with Crippen LogP contribution in [0, 0.1) is 0 Å². The van der Waals surface area contributed by atoms with E-state index in [1.165, 1.54) is 7.11 Å². The summed E-state index contributed by atoms with van der Waals surface area (Å²) in [4.78, 5) is 32.2. The third kappa shape index (κ3) is 8.95. The van der Waals surface area contributed by atoms with E-state index >= 15 is 0 Å². The first-order valence-corrected chi connectivity index (χ1v) is 4.80. The van der Waals surface area contributed by atoms with Crippen LogP contribution < -0.4 is 10.6 Å². The molecule has 0 spiro atoms. The lowest BCUT2D eigenvalue weighted by molar-refractivity contribution is -0.138. The summed E-state index contributed by atoms with van der Waals surface area (Å²) >= 11 is 0. The predicted molar refractivity (Wildman–Crippen MR) is 54.8 cm³/mol. The van der Waals surface area contributed by atoms with Crippen LogP contribution in [0.15, 0.2) is 0 Å². The Morgan fingerprint density at radius 2 is 1.81 bits per heavy atom. The van der Waals surface area contributed by atoms with E-state index in [9.17, 15) is 14.4 Å². The number of rotatable bonds is 8. The predicted octanol–water partition coefficient (Wildman–Crippen LogP) is -1.27. The summed E-state index contributed by atoms with van der Waals surface area (Å²) in [7, 11) is 1.51. The van der Waals surface area contributed by atoms with E-state index in [1.807, 2.05) is 0 Å². The van der Waals surface area contributed by atoms with Crippen LogP contribution in [0.5, 0.6) is 0 Å². The molecule has 0 aromatic rings. The molecule has 0 fully saturated rings. The van der Waals surface area contributed by atoms with E-state index in [0.29, 0.717) is 13.2 Å². The summed E-state index contributed by atoms with van der Waals surface area (Å²) in [6.45, 7) is 0.626. The SMILES string of the molecule is COCCNC(=O)CNC(=O)CCC(=O)O. The van der Waals surface area contributed by atoms with Gasteiger partial charge >= 0.3 is 5.97 Å². The molecule has 0 atom stereocenters. The molecule has 0 aromatic heterocycles. The van der Waals surface area contributed by atoms with Gasteiger partial charge in [-0.3, -0.25) is 14.4 Å². The van der Waals surface area contributed by atoms with Crippen molar-refractivity contribution < 1.29 is 24.2 Å². The molecular weight excluding hydrogens is 216 g/mol. The lowest BCUT2D eigenvalue weighted by Crippen LogP contribution is -2.38. The van der Waals surface area contributed by atoms with Gasteiger partial charge in [-0.2, -0.15) is 0 Å². The van der Waals surface area contributed by atoms with Crippen LogP contribution in [0.4, 0.5) is 0 Å². The third-order valence-corrected chi connectivity index (χ3v) is 1.64.